The van der Waals surface area contributed by atoms with E-state index in [1.807, 2.05) is 0 Å². The number of para-hydroxylation sites is 1. The van der Waals surface area contributed by atoms with E-state index in [1.54, 1.807) is 41.3 Å². The number of likely N-dealkylation sites (tertiary alicyclic amines) is 1. The van der Waals surface area contributed by atoms with Crippen LogP contribution in [0.25, 0.3) is 10.9 Å². The second-order valence-electron chi connectivity index (χ2n) is 8.56. The van der Waals surface area contributed by atoms with Gasteiger partial charge in [0.2, 0.25) is 11.8 Å². The van der Waals surface area contributed by atoms with Crippen LogP contribution in [0.1, 0.15) is 29.8 Å². The first-order chi connectivity index (χ1) is 16.4. The van der Waals surface area contributed by atoms with Crippen molar-refractivity contribution in [2.24, 2.45) is 11.7 Å². The van der Waals surface area contributed by atoms with E-state index in [-0.39, 0.29) is 47.0 Å². The van der Waals surface area contributed by atoms with Crippen LogP contribution in [0.2, 0.25) is 5.15 Å². The molecule has 11 heteroatoms. The van der Waals surface area contributed by atoms with Gasteiger partial charge in [-0.15, -0.1) is 0 Å². The van der Waals surface area contributed by atoms with E-state index >= 15 is 0 Å². The molecule has 176 valence electrons. The Morgan fingerprint density at radius 3 is 2.79 bits per heavy atom. The quantitative estimate of drug-likeness (QED) is 0.517. The van der Waals surface area contributed by atoms with Crippen molar-refractivity contribution in [1.82, 2.24) is 19.7 Å². The van der Waals surface area contributed by atoms with Gasteiger partial charge in [-0.3, -0.25) is 19.1 Å². The second-order valence-corrected chi connectivity index (χ2v) is 8.95. The molecule has 2 fully saturated rings. The Balaban J connectivity index is 1.40. The highest BCUT2D eigenvalue weighted by Gasteiger charge is 2.51. The number of piperidine rings is 1. The number of rotatable bonds is 6. The van der Waals surface area contributed by atoms with Gasteiger partial charge in [0.25, 0.3) is 5.91 Å². The van der Waals surface area contributed by atoms with E-state index in [2.05, 4.69) is 15.4 Å². The molecule has 1 aliphatic heterocycles. The minimum Gasteiger partial charge on any atom is -0.497 e. The average molecular weight is 483 g/mol. The molecule has 2 aliphatic rings. The summed E-state index contributed by atoms with van der Waals surface area (Å²) < 4.78 is 6.66. The number of hydrogen-bond donors (Lipinski definition) is 2. The van der Waals surface area contributed by atoms with E-state index in [4.69, 9.17) is 22.1 Å². The van der Waals surface area contributed by atoms with Gasteiger partial charge in [-0.1, -0.05) is 29.8 Å². The summed E-state index contributed by atoms with van der Waals surface area (Å²) in [5.74, 6) is -0.440. The molecule has 2 aromatic heterocycles. The lowest BCUT2D eigenvalue weighted by Gasteiger charge is -2.34. The van der Waals surface area contributed by atoms with Crippen molar-refractivity contribution in [1.29, 1.82) is 0 Å². The van der Waals surface area contributed by atoms with Gasteiger partial charge in [0, 0.05) is 23.6 Å². The third-order valence-electron chi connectivity index (χ3n) is 6.57. The normalized spacial score (nSPS) is 21.1. The molecule has 3 atom stereocenters. The highest BCUT2D eigenvalue weighted by molar-refractivity contribution is 6.29. The zero-order chi connectivity index (χ0) is 24.0. The van der Waals surface area contributed by atoms with Crippen LogP contribution in [-0.4, -0.2) is 56.6 Å². The van der Waals surface area contributed by atoms with E-state index in [1.165, 1.54) is 11.8 Å². The number of ether oxygens (including phenoxy) is 1. The Morgan fingerprint density at radius 2 is 2.03 bits per heavy atom. The highest BCUT2D eigenvalue weighted by atomic mass is 35.5. The summed E-state index contributed by atoms with van der Waals surface area (Å²) in [4.78, 5) is 44.4. The predicted molar refractivity (Wildman–Crippen MR) is 124 cm³/mol. The molecule has 3 N–H and O–H groups in total. The fourth-order valence-electron chi connectivity index (χ4n) is 5.18. The first kappa shape index (κ1) is 22.1. The summed E-state index contributed by atoms with van der Waals surface area (Å²) >= 11 is 6.03. The number of primary amides is 1. The monoisotopic (exact) mass is 482 g/mol. The molecule has 1 saturated carbocycles. The molecular formula is C23H23ClN6O4. The van der Waals surface area contributed by atoms with Crippen LogP contribution in [0.5, 0.6) is 5.75 Å². The Morgan fingerprint density at radius 1 is 1.24 bits per heavy atom. The van der Waals surface area contributed by atoms with Crippen molar-refractivity contribution >= 4 is 46.0 Å². The largest absolute Gasteiger partial charge is 0.497 e. The number of amides is 3. The summed E-state index contributed by atoms with van der Waals surface area (Å²) in [6.45, 7) is -0.107. The molecule has 3 aromatic rings. The molecular weight excluding hydrogens is 460 g/mol. The van der Waals surface area contributed by atoms with Gasteiger partial charge >= 0.3 is 0 Å². The number of nitrogens with zero attached hydrogens (tertiary/aromatic N) is 4. The summed E-state index contributed by atoms with van der Waals surface area (Å²) in [6, 6.07) is 9.56. The van der Waals surface area contributed by atoms with Crippen molar-refractivity contribution in [2.45, 2.75) is 37.9 Å². The van der Waals surface area contributed by atoms with Gasteiger partial charge in [0.15, 0.2) is 5.69 Å². The maximum atomic E-state index is 13.5. The molecule has 5 rings (SSSR count). The Kier molecular flexibility index (Phi) is 5.60. The van der Waals surface area contributed by atoms with Crippen LogP contribution in [0.4, 0.5) is 5.82 Å². The van der Waals surface area contributed by atoms with Crippen LogP contribution in [0.15, 0.2) is 36.4 Å². The van der Waals surface area contributed by atoms with Crippen LogP contribution in [-0.2, 0) is 16.1 Å². The number of pyridine rings is 1. The number of halogens is 1. The van der Waals surface area contributed by atoms with E-state index in [0.29, 0.717) is 16.7 Å². The number of carbonyl (C=O) groups is 3. The topological polar surface area (TPSA) is 132 Å². The zero-order valence-electron chi connectivity index (χ0n) is 18.4. The molecule has 0 spiro atoms. The second kappa shape index (κ2) is 8.60. The maximum absolute atomic E-state index is 13.5. The Bertz CT molecular complexity index is 1310. The molecule has 34 heavy (non-hydrogen) atoms. The van der Waals surface area contributed by atoms with Crippen molar-refractivity contribution in [3.05, 3.63) is 47.2 Å². The predicted octanol–water partition coefficient (Wildman–Crippen LogP) is 2.21. The van der Waals surface area contributed by atoms with Gasteiger partial charge in [-0.25, -0.2) is 4.98 Å². The van der Waals surface area contributed by atoms with Crippen LogP contribution in [0.3, 0.4) is 0 Å². The molecule has 1 saturated heterocycles. The first-order valence-electron chi connectivity index (χ1n) is 10.9. The minimum atomic E-state index is -0.663. The van der Waals surface area contributed by atoms with E-state index in [0.717, 1.165) is 19.3 Å². The summed E-state index contributed by atoms with van der Waals surface area (Å²) in [5.41, 5.74) is 6.22. The number of anilines is 1. The van der Waals surface area contributed by atoms with Crippen molar-refractivity contribution in [3.8, 4) is 5.75 Å². The molecule has 2 bridgehead atoms. The number of benzene rings is 1. The molecule has 0 radical (unpaired) electrons. The molecule has 3 amide bonds. The highest BCUT2D eigenvalue weighted by Crippen LogP contribution is 2.43. The van der Waals surface area contributed by atoms with Crippen LogP contribution >= 0.6 is 11.6 Å². The first-order valence-corrected chi connectivity index (χ1v) is 11.3. The van der Waals surface area contributed by atoms with Gasteiger partial charge in [-0.05, 0) is 31.2 Å². The molecule has 1 aliphatic carbocycles. The fourth-order valence-corrected chi connectivity index (χ4v) is 5.38. The van der Waals surface area contributed by atoms with Crippen molar-refractivity contribution in [2.75, 3.05) is 12.4 Å². The molecule has 3 heterocycles. The summed E-state index contributed by atoms with van der Waals surface area (Å²) in [7, 11) is 1.50. The van der Waals surface area contributed by atoms with Gasteiger partial charge < -0.3 is 20.7 Å². The Labute approximate surface area is 200 Å². The lowest BCUT2D eigenvalue weighted by Crippen LogP contribution is -2.52. The minimum absolute atomic E-state index is 0.0208. The van der Waals surface area contributed by atoms with Crippen molar-refractivity contribution < 1.29 is 19.1 Å². The lowest BCUT2D eigenvalue weighted by molar-refractivity contribution is -0.141. The van der Waals surface area contributed by atoms with Gasteiger partial charge in [0.1, 0.15) is 29.3 Å². The number of nitrogens with two attached hydrogens (primary N) is 1. The number of hydrogen-bond acceptors (Lipinski definition) is 6. The number of aromatic nitrogens is 3. The third kappa shape index (κ3) is 3.83. The molecule has 1 aromatic carbocycles. The maximum Gasteiger partial charge on any atom is 0.269 e. The fraction of sp³-hybridized carbons (Fsp3) is 0.348. The SMILES string of the molecule is COc1cc(Cl)nc(NC(=O)[C@@H]2[C@H]3CC[C@H](C3)N2C(=O)Cn2nc(C(N)=O)c3ccccc32)c1. The average Bonchev–Trinajstić information content (AvgIpc) is 3.52. The number of fused-ring (bicyclic) bond motifs is 3. The van der Waals surface area contributed by atoms with Crippen molar-refractivity contribution in [3.63, 3.8) is 0 Å². The third-order valence-corrected chi connectivity index (χ3v) is 6.77. The lowest BCUT2D eigenvalue weighted by atomic mass is 9.97. The molecule has 0 unspecified atom stereocenters. The summed E-state index contributed by atoms with van der Waals surface area (Å²) in [5, 5.41) is 7.84. The zero-order valence-corrected chi connectivity index (χ0v) is 19.2. The van der Waals surface area contributed by atoms with Crippen LogP contribution < -0.4 is 15.8 Å². The van der Waals surface area contributed by atoms with Gasteiger partial charge in [-0.2, -0.15) is 5.10 Å². The Hall–Kier alpha value is -3.66. The molecule has 10 nitrogen and oxygen atoms in total. The number of methoxy groups -OCH3 is 1. The number of carbonyl (C=O) groups excluding carboxylic acids is 3. The number of nitrogens with one attached hydrogen (secondary N) is 1. The van der Waals surface area contributed by atoms with E-state index < -0.39 is 11.9 Å². The summed E-state index contributed by atoms with van der Waals surface area (Å²) in [6.07, 6.45) is 2.48. The standard InChI is InChI=1S/C23H23ClN6O4/c1-34-14-9-17(24)26-18(10-14)27-23(33)21-12-6-7-13(8-12)30(21)19(31)11-29-16-5-3-2-4-15(16)20(28-29)22(25)32/h2-5,9-10,12-13,21H,6-8,11H2,1H3,(H2,25,32)(H,26,27,33)/t12-,13+,21-/m0/s1. The van der Waals surface area contributed by atoms with Gasteiger partial charge in [0.05, 0.1) is 12.6 Å². The van der Waals surface area contributed by atoms with Crippen LogP contribution in [0, 0.1) is 5.92 Å². The smallest absolute Gasteiger partial charge is 0.269 e. The van der Waals surface area contributed by atoms with E-state index in [9.17, 15) is 14.4 Å².